The van der Waals surface area contributed by atoms with Gasteiger partial charge in [0.1, 0.15) is 6.10 Å². The molecule has 5 nitrogen and oxygen atoms in total. The van der Waals surface area contributed by atoms with E-state index in [1.807, 2.05) is 0 Å². The fourth-order valence-corrected chi connectivity index (χ4v) is 0.986. The fraction of sp³-hybridized carbons (Fsp3) is 0.250. The number of phenolic OH excluding ortho intramolecular Hbond substituents is 3. The predicted octanol–water partition coefficient (Wildman–Crippen LogP) is 0.755. The molecule has 0 heterocycles. The second-order valence-corrected chi connectivity index (χ2v) is 2.65. The molecule has 1 aromatic rings. The van der Waals surface area contributed by atoms with Gasteiger partial charge in [0, 0.05) is 5.56 Å². The first-order chi connectivity index (χ1) is 6.07. The maximum atomic E-state index is 9.33. The summed E-state index contributed by atoms with van der Waals surface area (Å²) in [5.74, 6) is 3.54. The molecule has 0 aliphatic carbocycles. The van der Waals surface area contributed by atoms with Crippen LogP contribution in [0.5, 0.6) is 17.2 Å². The number of rotatable bonds is 2. The van der Waals surface area contributed by atoms with Crippen molar-refractivity contribution in [1.29, 1.82) is 0 Å². The quantitative estimate of drug-likeness (QED) is 0.403. The molecule has 0 aromatic heterocycles. The number of phenols is 3. The summed E-state index contributed by atoms with van der Waals surface area (Å²) < 4.78 is 0. The topological polar surface area (TPSA) is 95.9 Å². The lowest BCUT2D eigenvalue weighted by Gasteiger charge is -2.12. The Balaban J connectivity index is 3.18. The monoisotopic (exact) mass is 185 g/mol. The third-order valence-electron chi connectivity index (χ3n) is 1.80. The largest absolute Gasteiger partial charge is 0.504 e. The van der Waals surface area contributed by atoms with Crippen LogP contribution in [0.1, 0.15) is 18.6 Å². The van der Waals surface area contributed by atoms with Gasteiger partial charge in [-0.15, -0.1) is 0 Å². The second kappa shape index (κ2) is 3.51. The fourth-order valence-electron chi connectivity index (χ4n) is 0.986. The summed E-state index contributed by atoms with van der Waals surface area (Å²) in [6.45, 7) is 1.60. The Hall–Kier alpha value is -1.46. The SMILES string of the molecule is CC(ON)c1ccc(O)c(O)c1O. The number of hydrogen-bond acceptors (Lipinski definition) is 5. The van der Waals surface area contributed by atoms with E-state index in [4.69, 9.17) is 16.1 Å². The minimum Gasteiger partial charge on any atom is -0.504 e. The molecule has 0 aliphatic rings. The van der Waals surface area contributed by atoms with Crippen molar-refractivity contribution in [2.45, 2.75) is 13.0 Å². The van der Waals surface area contributed by atoms with Crippen LogP contribution >= 0.6 is 0 Å². The van der Waals surface area contributed by atoms with Crippen LogP contribution in [-0.2, 0) is 4.84 Å². The molecular weight excluding hydrogens is 174 g/mol. The molecule has 1 atom stereocenters. The van der Waals surface area contributed by atoms with E-state index in [9.17, 15) is 5.11 Å². The highest BCUT2D eigenvalue weighted by molar-refractivity contribution is 5.53. The molecule has 0 saturated heterocycles. The van der Waals surface area contributed by atoms with E-state index in [-0.39, 0.29) is 5.75 Å². The number of hydrogen-bond donors (Lipinski definition) is 4. The lowest BCUT2D eigenvalue weighted by atomic mass is 10.1. The number of nitrogens with two attached hydrogens (primary N) is 1. The molecule has 0 saturated carbocycles. The number of aromatic hydroxyl groups is 3. The molecule has 1 unspecified atom stereocenters. The van der Waals surface area contributed by atoms with E-state index in [1.54, 1.807) is 6.92 Å². The van der Waals surface area contributed by atoms with E-state index < -0.39 is 17.6 Å². The summed E-state index contributed by atoms with van der Waals surface area (Å²) in [6.07, 6.45) is -0.550. The molecule has 1 rings (SSSR count). The van der Waals surface area contributed by atoms with Crippen LogP contribution in [0.25, 0.3) is 0 Å². The van der Waals surface area contributed by atoms with Crippen molar-refractivity contribution >= 4 is 0 Å². The smallest absolute Gasteiger partial charge is 0.200 e. The van der Waals surface area contributed by atoms with Crippen LogP contribution < -0.4 is 5.90 Å². The first kappa shape index (κ1) is 9.63. The Kier molecular flexibility index (Phi) is 2.60. The maximum Gasteiger partial charge on any atom is 0.200 e. The predicted molar refractivity (Wildman–Crippen MR) is 45.1 cm³/mol. The zero-order valence-electron chi connectivity index (χ0n) is 7.06. The zero-order valence-corrected chi connectivity index (χ0v) is 7.06. The van der Waals surface area contributed by atoms with E-state index >= 15 is 0 Å². The van der Waals surface area contributed by atoms with Crippen LogP contribution in [-0.4, -0.2) is 15.3 Å². The standard InChI is InChI=1S/C8H11NO4/c1-4(13-9)5-2-3-6(10)8(12)7(5)11/h2-4,10-12H,9H2,1H3. The van der Waals surface area contributed by atoms with Crippen LogP contribution in [0.4, 0.5) is 0 Å². The average Bonchev–Trinajstić information content (AvgIpc) is 2.13. The molecule has 5 N–H and O–H groups in total. The van der Waals surface area contributed by atoms with Gasteiger partial charge >= 0.3 is 0 Å². The molecule has 0 aliphatic heterocycles. The van der Waals surface area contributed by atoms with Crippen molar-refractivity contribution in [1.82, 2.24) is 0 Å². The molecule has 1 aromatic carbocycles. The Morgan fingerprint density at radius 2 is 1.85 bits per heavy atom. The van der Waals surface area contributed by atoms with Crippen LogP contribution in [0, 0.1) is 0 Å². The van der Waals surface area contributed by atoms with E-state index in [1.165, 1.54) is 12.1 Å². The van der Waals surface area contributed by atoms with Crippen molar-refractivity contribution < 1.29 is 20.2 Å². The maximum absolute atomic E-state index is 9.33. The number of benzene rings is 1. The highest BCUT2D eigenvalue weighted by Gasteiger charge is 2.15. The van der Waals surface area contributed by atoms with Crippen LogP contribution in [0.15, 0.2) is 12.1 Å². The summed E-state index contributed by atoms with van der Waals surface area (Å²) in [7, 11) is 0. The van der Waals surface area contributed by atoms with Gasteiger partial charge in [0.2, 0.25) is 5.75 Å². The Labute approximate surface area is 75.0 Å². The van der Waals surface area contributed by atoms with Gasteiger partial charge in [0.05, 0.1) is 0 Å². The third-order valence-corrected chi connectivity index (χ3v) is 1.80. The van der Waals surface area contributed by atoms with Gasteiger partial charge < -0.3 is 15.3 Å². The summed E-state index contributed by atoms with van der Waals surface area (Å²) in [5.41, 5.74) is 0.317. The minimum absolute atomic E-state index is 0.317. The second-order valence-electron chi connectivity index (χ2n) is 2.65. The lowest BCUT2D eigenvalue weighted by molar-refractivity contribution is 0.0643. The normalized spacial score (nSPS) is 12.8. The summed E-state index contributed by atoms with van der Waals surface area (Å²) in [4.78, 5) is 4.46. The van der Waals surface area contributed by atoms with Gasteiger partial charge in [-0.05, 0) is 19.1 Å². The van der Waals surface area contributed by atoms with Crippen molar-refractivity contribution in [3.63, 3.8) is 0 Å². The zero-order chi connectivity index (χ0) is 10.0. The van der Waals surface area contributed by atoms with Gasteiger partial charge in [-0.1, -0.05) is 0 Å². The van der Waals surface area contributed by atoms with Gasteiger partial charge in [0.25, 0.3) is 0 Å². The Morgan fingerprint density at radius 3 is 2.38 bits per heavy atom. The molecule has 0 radical (unpaired) electrons. The molecule has 13 heavy (non-hydrogen) atoms. The van der Waals surface area contributed by atoms with Crippen LogP contribution in [0.2, 0.25) is 0 Å². The Bertz CT molecular complexity index is 313. The van der Waals surface area contributed by atoms with Gasteiger partial charge in [-0.3, -0.25) is 4.84 Å². The molecule has 0 amide bonds. The van der Waals surface area contributed by atoms with E-state index in [0.29, 0.717) is 5.56 Å². The summed E-state index contributed by atoms with van der Waals surface area (Å²) in [6, 6.07) is 2.67. The van der Waals surface area contributed by atoms with E-state index in [0.717, 1.165) is 0 Å². The first-order valence-electron chi connectivity index (χ1n) is 3.67. The van der Waals surface area contributed by atoms with Gasteiger partial charge in [-0.25, -0.2) is 5.90 Å². The molecular formula is C8H11NO4. The van der Waals surface area contributed by atoms with Crippen LogP contribution in [0.3, 0.4) is 0 Å². The minimum atomic E-state index is -0.568. The average molecular weight is 185 g/mol. The molecule has 0 bridgehead atoms. The summed E-state index contributed by atoms with van der Waals surface area (Å²) >= 11 is 0. The highest BCUT2D eigenvalue weighted by atomic mass is 16.6. The highest BCUT2D eigenvalue weighted by Crippen LogP contribution is 2.39. The lowest BCUT2D eigenvalue weighted by Crippen LogP contribution is -2.05. The van der Waals surface area contributed by atoms with Gasteiger partial charge in [-0.2, -0.15) is 0 Å². The van der Waals surface area contributed by atoms with E-state index in [2.05, 4.69) is 4.84 Å². The van der Waals surface area contributed by atoms with Gasteiger partial charge in [0.15, 0.2) is 11.5 Å². The molecule has 0 spiro atoms. The third kappa shape index (κ3) is 1.66. The van der Waals surface area contributed by atoms with Crippen molar-refractivity contribution in [3.05, 3.63) is 17.7 Å². The first-order valence-corrected chi connectivity index (χ1v) is 3.67. The molecule has 0 fully saturated rings. The molecule has 5 heteroatoms. The molecule has 72 valence electrons. The summed E-state index contributed by atoms with van der Waals surface area (Å²) in [5, 5.41) is 27.5. The van der Waals surface area contributed by atoms with Crippen molar-refractivity contribution in [2.75, 3.05) is 0 Å². The van der Waals surface area contributed by atoms with Crippen molar-refractivity contribution in [3.8, 4) is 17.2 Å². The Morgan fingerprint density at radius 1 is 1.23 bits per heavy atom. The van der Waals surface area contributed by atoms with Crippen molar-refractivity contribution in [2.24, 2.45) is 5.90 Å².